The second-order valence-electron chi connectivity index (χ2n) is 9.90. The molecule has 2 atom stereocenters. The molecule has 8 nitrogen and oxygen atoms in total. The molecule has 0 spiro atoms. The predicted octanol–water partition coefficient (Wildman–Crippen LogP) is 3.15. The molecule has 8 rings (SSSR count). The summed E-state index contributed by atoms with van der Waals surface area (Å²) in [4.78, 5) is 15.6. The van der Waals surface area contributed by atoms with Gasteiger partial charge in [0.1, 0.15) is 17.7 Å². The number of ether oxygens (including phenoxy) is 2. The van der Waals surface area contributed by atoms with Gasteiger partial charge in [-0.25, -0.2) is 19.3 Å². The van der Waals surface area contributed by atoms with Gasteiger partial charge in [-0.15, -0.1) is 0 Å². The van der Waals surface area contributed by atoms with Crippen molar-refractivity contribution < 1.29 is 18.3 Å². The van der Waals surface area contributed by atoms with E-state index in [0.717, 1.165) is 38.2 Å². The van der Waals surface area contributed by atoms with Gasteiger partial charge in [-0.05, 0) is 43.5 Å². The molecule has 0 unspecified atom stereocenters. The third kappa shape index (κ3) is 3.19. The average Bonchev–Trinajstić information content (AvgIpc) is 3.63. The summed E-state index contributed by atoms with van der Waals surface area (Å²) in [5.41, 5.74) is 1.04. The molecular weight excluding hydrogens is 442 g/mol. The van der Waals surface area contributed by atoms with Gasteiger partial charge < -0.3 is 25.0 Å². The summed E-state index contributed by atoms with van der Waals surface area (Å²) in [6, 6.07) is 7.64. The minimum absolute atomic E-state index is 0.0347. The van der Waals surface area contributed by atoms with Crippen LogP contribution >= 0.6 is 0 Å². The molecule has 5 fully saturated rings. The van der Waals surface area contributed by atoms with Crippen molar-refractivity contribution in [2.75, 3.05) is 36.5 Å². The van der Waals surface area contributed by atoms with E-state index in [1.807, 2.05) is 12.1 Å². The van der Waals surface area contributed by atoms with Crippen molar-refractivity contribution in [2.45, 2.75) is 37.5 Å². The number of rotatable bonds is 6. The van der Waals surface area contributed by atoms with Gasteiger partial charge in [-0.2, -0.15) is 4.39 Å². The molecule has 10 heteroatoms. The first-order valence-corrected chi connectivity index (χ1v) is 11.7. The van der Waals surface area contributed by atoms with E-state index in [4.69, 9.17) is 14.5 Å². The summed E-state index contributed by atoms with van der Waals surface area (Å²) in [7, 11) is 0. The molecule has 34 heavy (non-hydrogen) atoms. The highest BCUT2D eigenvalue weighted by molar-refractivity contribution is 5.88. The second-order valence-corrected chi connectivity index (χ2v) is 9.90. The van der Waals surface area contributed by atoms with E-state index in [9.17, 15) is 8.78 Å². The number of fused-ring (bicyclic) bond motifs is 4. The summed E-state index contributed by atoms with van der Waals surface area (Å²) in [5, 5.41) is 6.39. The fourth-order valence-corrected chi connectivity index (χ4v) is 5.72. The molecule has 4 aliphatic heterocycles. The van der Waals surface area contributed by atoms with Crippen molar-refractivity contribution in [2.24, 2.45) is 5.41 Å². The van der Waals surface area contributed by atoms with Crippen molar-refractivity contribution in [1.29, 1.82) is 0 Å². The molecule has 4 bridgehead atoms. The summed E-state index contributed by atoms with van der Waals surface area (Å²) in [6.07, 6.45) is 4.62. The molecule has 176 valence electrons. The molecule has 4 saturated heterocycles. The van der Waals surface area contributed by atoms with Gasteiger partial charge in [0.15, 0.2) is 17.4 Å². The van der Waals surface area contributed by atoms with Crippen molar-refractivity contribution in [3.8, 4) is 5.75 Å². The highest BCUT2D eigenvalue weighted by Gasteiger charge is 2.52. The van der Waals surface area contributed by atoms with Crippen LogP contribution in [0.15, 0.2) is 30.6 Å². The van der Waals surface area contributed by atoms with Crippen LogP contribution in [0.4, 0.5) is 26.1 Å². The van der Waals surface area contributed by atoms with E-state index >= 15 is 0 Å². The van der Waals surface area contributed by atoms with Gasteiger partial charge in [0.25, 0.3) is 0 Å². The number of benzene rings is 1. The summed E-state index contributed by atoms with van der Waals surface area (Å²) in [6.45, 7) is 2.78. The van der Waals surface area contributed by atoms with Crippen LogP contribution in [0, 0.1) is 17.0 Å². The van der Waals surface area contributed by atoms with Crippen LogP contribution < -0.4 is 20.3 Å². The second kappa shape index (κ2) is 7.44. The Kier molecular flexibility index (Phi) is 4.44. The van der Waals surface area contributed by atoms with Gasteiger partial charge in [-0.3, -0.25) is 0 Å². The third-order valence-electron chi connectivity index (χ3n) is 7.60. The lowest BCUT2D eigenvalue weighted by Crippen LogP contribution is -2.44. The minimum Gasteiger partial charge on any atom is -0.490 e. The van der Waals surface area contributed by atoms with Gasteiger partial charge in [-0.1, -0.05) is 0 Å². The van der Waals surface area contributed by atoms with Gasteiger partial charge in [0, 0.05) is 30.6 Å². The first-order valence-electron chi connectivity index (χ1n) is 11.7. The fourth-order valence-electron chi connectivity index (χ4n) is 5.72. The van der Waals surface area contributed by atoms with Crippen LogP contribution in [0.1, 0.15) is 19.3 Å². The Labute approximate surface area is 194 Å². The van der Waals surface area contributed by atoms with Crippen molar-refractivity contribution in [3.63, 3.8) is 0 Å². The Morgan fingerprint density at radius 1 is 1.18 bits per heavy atom. The smallest absolute Gasteiger partial charge is 0.202 e. The topological polar surface area (TPSA) is 84.4 Å². The lowest BCUT2D eigenvalue weighted by atomic mass is 9.71. The molecule has 0 radical (unpaired) electrons. The number of halogens is 2. The largest absolute Gasteiger partial charge is 0.490 e. The molecule has 2 aromatic heterocycles. The SMILES string of the molecule is Fc1c(Nc2ncnc3ccc(N4C[C@@H]5C[C@H]4CN5)nc23)ccc(OCC23COC(C2)C3)c1F. The van der Waals surface area contributed by atoms with Crippen LogP contribution in [0.3, 0.4) is 0 Å². The van der Waals surface area contributed by atoms with E-state index in [2.05, 4.69) is 25.5 Å². The zero-order valence-electron chi connectivity index (χ0n) is 18.4. The van der Waals surface area contributed by atoms with Crippen LogP contribution in [0.2, 0.25) is 0 Å². The molecule has 1 aromatic carbocycles. The Hall–Kier alpha value is -3.11. The Bertz CT molecular complexity index is 1280. The van der Waals surface area contributed by atoms with E-state index < -0.39 is 11.6 Å². The predicted molar refractivity (Wildman–Crippen MR) is 121 cm³/mol. The third-order valence-corrected chi connectivity index (χ3v) is 7.60. The van der Waals surface area contributed by atoms with E-state index in [1.165, 1.54) is 18.5 Å². The number of nitrogens with one attached hydrogen (secondary N) is 2. The number of anilines is 3. The maximum atomic E-state index is 15.0. The van der Waals surface area contributed by atoms with Crippen LogP contribution in [-0.4, -0.2) is 59.4 Å². The Balaban J connectivity index is 1.15. The first-order chi connectivity index (χ1) is 16.6. The molecule has 1 aliphatic carbocycles. The van der Waals surface area contributed by atoms with Gasteiger partial charge in [0.2, 0.25) is 5.82 Å². The highest BCUT2D eigenvalue weighted by Crippen LogP contribution is 2.50. The van der Waals surface area contributed by atoms with Crippen molar-refractivity contribution in [3.05, 3.63) is 42.2 Å². The Morgan fingerprint density at radius 3 is 2.85 bits per heavy atom. The van der Waals surface area contributed by atoms with E-state index in [0.29, 0.717) is 48.3 Å². The standard InChI is InChI=1S/C24H24F2N6O2/c25-20-16(1-3-18(21(20)26)34-11-24-6-15(7-24)33-10-24)30-23-22-17(28-12-29-23)2-4-19(31-22)32-9-13-5-14(32)8-27-13/h1-4,12-15,27H,5-11H2,(H,28,29,30)/t13-,14-,15?,24?/m0/s1. The number of hydrogen-bond acceptors (Lipinski definition) is 8. The number of hydrogen-bond donors (Lipinski definition) is 2. The molecule has 2 N–H and O–H groups in total. The summed E-state index contributed by atoms with van der Waals surface area (Å²) >= 11 is 0. The quantitative estimate of drug-likeness (QED) is 0.573. The minimum atomic E-state index is -1.02. The molecule has 6 heterocycles. The van der Waals surface area contributed by atoms with Crippen LogP contribution in [0.25, 0.3) is 11.0 Å². The number of nitrogens with zero attached hydrogens (tertiary/aromatic N) is 4. The zero-order valence-corrected chi connectivity index (χ0v) is 18.4. The molecule has 1 saturated carbocycles. The average molecular weight is 466 g/mol. The maximum Gasteiger partial charge on any atom is 0.202 e. The van der Waals surface area contributed by atoms with E-state index in [1.54, 1.807) is 0 Å². The molecular formula is C24H24F2N6O2. The summed E-state index contributed by atoms with van der Waals surface area (Å²) in [5.74, 6) is -0.982. The number of aromatic nitrogens is 3. The first kappa shape index (κ1) is 20.3. The fraction of sp³-hybridized carbons (Fsp3) is 0.458. The monoisotopic (exact) mass is 466 g/mol. The molecule has 5 aliphatic rings. The lowest BCUT2D eigenvalue weighted by Gasteiger charge is -2.34. The molecule has 3 aromatic rings. The van der Waals surface area contributed by atoms with E-state index in [-0.39, 0.29) is 16.9 Å². The number of piperazine rings is 1. The lowest BCUT2D eigenvalue weighted by molar-refractivity contribution is 0.0803. The van der Waals surface area contributed by atoms with Crippen LogP contribution in [0.5, 0.6) is 5.75 Å². The van der Waals surface area contributed by atoms with Gasteiger partial charge >= 0.3 is 0 Å². The van der Waals surface area contributed by atoms with Crippen molar-refractivity contribution in [1.82, 2.24) is 20.3 Å². The maximum absolute atomic E-state index is 15.0. The zero-order chi connectivity index (χ0) is 22.9. The highest BCUT2D eigenvalue weighted by atomic mass is 19.2. The van der Waals surface area contributed by atoms with Gasteiger partial charge in [0.05, 0.1) is 30.5 Å². The Morgan fingerprint density at radius 2 is 2.09 bits per heavy atom. The summed E-state index contributed by atoms with van der Waals surface area (Å²) < 4.78 is 41.0. The normalized spacial score (nSPS) is 29.0. The van der Waals surface area contributed by atoms with Crippen molar-refractivity contribution >= 4 is 28.4 Å². The van der Waals surface area contributed by atoms with Crippen LogP contribution in [-0.2, 0) is 4.74 Å². The molecule has 0 amide bonds. The number of pyridine rings is 1.